The van der Waals surface area contributed by atoms with E-state index in [0.29, 0.717) is 25.9 Å². The van der Waals surface area contributed by atoms with Crippen LogP contribution in [0.3, 0.4) is 0 Å². The molecule has 6 nitrogen and oxygen atoms in total. The van der Waals surface area contributed by atoms with Crippen molar-refractivity contribution in [2.45, 2.75) is 32.9 Å². The van der Waals surface area contributed by atoms with Crippen LogP contribution >= 0.6 is 0 Å². The Kier molecular flexibility index (Phi) is 13.8. The zero-order chi connectivity index (χ0) is 23.0. The van der Waals surface area contributed by atoms with Crippen LogP contribution < -0.4 is 0 Å². The summed E-state index contributed by atoms with van der Waals surface area (Å²) >= 11 is 0. The van der Waals surface area contributed by atoms with Crippen LogP contribution in [-0.2, 0) is 38.6 Å². The van der Waals surface area contributed by atoms with Crippen LogP contribution in [0.2, 0.25) is 0 Å². The quantitative estimate of drug-likeness (QED) is 0.406. The van der Waals surface area contributed by atoms with Gasteiger partial charge < -0.3 is 26.6 Å². The molecule has 0 amide bonds. The molecule has 2 aromatic carbocycles. The number of hydrogen-bond donors (Lipinski definition) is 0. The van der Waals surface area contributed by atoms with Crippen molar-refractivity contribution in [2.75, 3.05) is 41.2 Å². The Bertz CT molecular complexity index is 658. The molecule has 0 unspecified atom stereocenters. The first-order chi connectivity index (χ1) is 15.0. The molecule has 0 aliphatic rings. The third-order valence-electron chi connectivity index (χ3n) is 4.55. The van der Waals surface area contributed by atoms with E-state index < -0.39 is 17.6 Å². The van der Waals surface area contributed by atoms with E-state index in [2.05, 4.69) is 12.1 Å². The molecule has 2 aromatic rings. The lowest BCUT2D eigenvalue weighted by Gasteiger charge is -2.28. The van der Waals surface area contributed by atoms with E-state index in [9.17, 15) is 0 Å². The normalized spacial score (nSPS) is 11.7. The lowest BCUT2D eigenvalue weighted by atomic mass is 10.2. The predicted molar refractivity (Wildman–Crippen MR) is 128 cm³/mol. The van der Waals surface area contributed by atoms with Gasteiger partial charge in [-0.25, -0.2) is 0 Å². The van der Waals surface area contributed by atoms with Gasteiger partial charge in [-0.3, -0.25) is 0 Å². The Labute approximate surface area is 190 Å². The first-order valence-electron chi connectivity index (χ1n) is 10.7. The maximum Gasteiger partial charge on any atom is 0.505 e. The summed E-state index contributed by atoms with van der Waals surface area (Å²) in [5, 5.41) is 0. The Balaban J connectivity index is 0.000000316. The van der Waals surface area contributed by atoms with E-state index in [1.54, 1.807) is 21.3 Å². The van der Waals surface area contributed by atoms with Gasteiger partial charge in [0.25, 0.3) is 0 Å². The lowest BCUT2D eigenvalue weighted by Crippen LogP contribution is -2.48. The minimum atomic E-state index is -2.54. The van der Waals surface area contributed by atoms with Gasteiger partial charge in [-0.2, -0.15) is 0 Å². The van der Waals surface area contributed by atoms with Crippen LogP contribution in [0.1, 0.15) is 31.9 Å². The fourth-order valence-electron chi connectivity index (χ4n) is 3.10. The van der Waals surface area contributed by atoms with E-state index in [-0.39, 0.29) is 0 Å². The van der Waals surface area contributed by atoms with Crippen LogP contribution in [-0.4, -0.2) is 58.8 Å². The Hall–Kier alpha value is -1.37. The van der Waals surface area contributed by atoms with Crippen molar-refractivity contribution in [3.05, 3.63) is 71.8 Å². The molecule has 2 rings (SSSR count). The maximum atomic E-state index is 5.81. The van der Waals surface area contributed by atoms with Gasteiger partial charge in [0.05, 0.1) is 0 Å². The van der Waals surface area contributed by atoms with Crippen molar-refractivity contribution in [3.63, 3.8) is 0 Å². The maximum absolute atomic E-state index is 5.81. The molecule has 0 spiro atoms. The molecule has 0 aromatic heterocycles. The van der Waals surface area contributed by atoms with Gasteiger partial charge >= 0.3 is 17.6 Å². The Morgan fingerprint density at radius 2 is 0.839 bits per heavy atom. The van der Waals surface area contributed by atoms with Crippen LogP contribution in [0.25, 0.3) is 0 Å². The predicted octanol–water partition coefficient (Wildman–Crippen LogP) is 4.46. The number of hydrogen-bond acceptors (Lipinski definition) is 6. The summed E-state index contributed by atoms with van der Waals surface area (Å²) in [6, 6.07) is 21.7. The second-order valence-corrected chi connectivity index (χ2v) is 12.1. The fraction of sp³-hybridized carbons (Fsp3) is 0.478. The Morgan fingerprint density at radius 1 is 0.516 bits per heavy atom. The standard InChI is InChI=1S/C13H22O3Si.C10H16O3Si/c1-4-14-17(15-5-2,16-6-3)12-13-10-8-7-9-11-13;1-11-14(12-2,13-3)9-10-7-5-4-6-8-10/h7-11H,4-6,12H2,1-3H3;4-8H,9H2,1-3H3. The minimum Gasteiger partial charge on any atom is -0.377 e. The van der Waals surface area contributed by atoms with Gasteiger partial charge in [0, 0.05) is 53.2 Å². The first kappa shape index (κ1) is 27.7. The van der Waals surface area contributed by atoms with Crippen molar-refractivity contribution >= 4 is 17.6 Å². The first-order valence-corrected chi connectivity index (χ1v) is 14.5. The summed E-state index contributed by atoms with van der Waals surface area (Å²) in [5.41, 5.74) is 2.37. The van der Waals surface area contributed by atoms with E-state index >= 15 is 0 Å². The summed E-state index contributed by atoms with van der Waals surface area (Å²) in [6.07, 6.45) is 0. The topological polar surface area (TPSA) is 55.4 Å². The molecular weight excluding hydrogens is 428 g/mol. The highest BCUT2D eigenvalue weighted by Crippen LogP contribution is 2.17. The molecule has 0 bridgehead atoms. The van der Waals surface area contributed by atoms with Crippen molar-refractivity contribution in [1.82, 2.24) is 0 Å². The SMILES string of the molecule is CCO[Si](Cc1ccccc1)(OCC)OCC.CO[Si](Cc1ccccc1)(OC)OC. The molecule has 0 heterocycles. The highest BCUT2D eigenvalue weighted by Gasteiger charge is 2.40. The fourth-order valence-corrected chi connectivity index (χ4v) is 7.38. The molecule has 8 heteroatoms. The van der Waals surface area contributed by atoms with Crippen LogP contribution in [0.5, 0.6) is 0 Å². The van der Waals surface area contributed by atoms with Crippen molar-refractivity contribution < 1.29 is 26.6 Å². The minimum absolute atomic E-state index is 0.624. The van der Waals surface area contributed by atoms with Crippen molar-refractivity contribution in [1.29, 1.82) is 0 Å². The molecule has 31 heavy (non-hydrogen) atoms. The van der Waals surface area contributed by atoms with E-state index in [1.807, 2.05) is 69.3 Å². The van der Waals surface area contributed by atoms with Gasteiger partial charge in [-0.1, -0.05) is 60.7 Å². The summed E-state index contributed by atoms with van der Waals surface area (Å²) in [6.45, 7) is 7.80. The highest BCUT2D eigenvalue weighted by molar-refractivity contribution is 6.60. The smallest absolute Gasteiger partial charge is 0.377 e. The summed E-state index contributed by atoms with van der Waals surface area (Å²) in [5.74, 6) is 0. The molecule has 174 valence electrons. The van der Waals surface area contributed by atoms with Crippen LogP contribution in [0, 0.1) is 0 Å². The molecule has 0 saturated heterocycles. The third-order valence-corrected chi connectivity index (χ3v) is 10.3. The van der Waals surface area contributed by atoms with Crippen molar-refractivity contribution in [3.8, 4) is 0 Å². The van der Waals surface area contributed by atoms with E-state index in [4.69, 9.17) is 26.6 Å². The molecule has 0 saturated carbocycles. The monoisotopic (exact) mass is 466 g/mol. The van der Waals surface area contributed by atoms with Crippen molar-refractivity contribution in [2.24, 2.45) is 0 Å². The summed E-state index contributed by atoms with van der Waals surface area (Å²) in [7, 11) is -0.113. The second kappa shape index (κ2) is 15.4. The molecule has 0 N–H and O–H groups in total. The Morgan fingerprint density at radius 3 is 1.13 bits per heavy atom. The molecule has 0 aliphatic heterocycles. The molecule has 0 atom stereocenters. The summed E-state index contributed by atoms with van der Waals surface area (Å²) < 4.78 is 33.4. The van der Waals surface area contributed by atoms with Crippen LogP contribution in [0.4, 0.5) is 0 Å². The lowest BCUT2D eigenvalue weighted by molar-refractivity contribution is 0.0704. The zero-order valence-corrected chi connectivity index (χ0v) is 21.8. The largest absolute Gasteiger partial charge is 0.505 e. The highest BCUT2D eigenvalue weighted by atomic mass is 28.4. The van der Waals surface area contributed by atoms with Gasteiger partial charge in [-0.15, -0.1) is 0 Å². The molecule has 0 fully saturated rings. The number of benzene rings is 2. The number of rotatable bonds is 13. The van der Waals surface area contributed by atoms with Gasteiger partial charge in [-0.05, 0) is 31.9 Å². The average Bonchev–Trinajstić information content (AvgIpc) is 2.80. The van der Waals surface area contributed by atoms with Crippen LogP contribution in [0.15, 0.2) is 60.7 Å². The zero-order valence-electron chi connectivity index (χ0n) is 19.8. The van der Waals surface area contributed by atoms with Gasteiger partial charge in [0.2, 0.25) is 0 Å². The van der Waals surface area contributed by atoms with E-state index in [0.717, 1.165) is 6.04 Å². The average molecular weight is 467 g/mol. The van der Waals surface area contributed by atoms with E-state index in [1.165, 1.54) is 11.1 Å². The molecular formula is C23H38O6Si2. The van der Waals surface area contributed by atoms with Gasteiger partial charge in [0.15, 0.2) is 0 Å². The second-order valence-electron chi connectivity index (χ2n) is 6.60. The molecule has 0 aliphatic carbocycles. The summed E-state index contributed by atoms with van der Waals surface area (Å²) in [4.78, 5) is 0. The molecule has 0 radical (unpaired) electrons. The van der Waals surface area contributed by atoms with Gasteiger partial charge in [0.1, 0.15) is 0 Å². The third kappa shape index (κ3) is 9.75.